The Bertz CT molecular complexity index is 666. The minimum absolute atomic E-state index is 0.240. The van der Waals surface area contributed by atoms with E-state index in [4.69, 9.17) is 11.6 Å². The van der Waals surface area contributed by atoms with E-state index in [0.717, 1.165) is 18.7 Å². The lowest BCUT2D eigenvalue weighted by Crippen LogP contribution is -2.28. The van der Waals surface area contributed by atoms with Crippen molar-refractivity contribution in [1.29, 1.82) is 0 Å². The van der Waals surface area contributed by atoms with Crippen molar-refractivity contribution >= 4 is 29.0 Å². The van der Waals surface area contributed by atoms with Gasteiger partial charge in [-0.15, -0.1) is 0 Å². The van der Waals surface area contributed by atoms with E-state index in [1.54, 1.807) is 24.3 Å². The second kappa shape index (κ2) is 7.38. The maximum atomic E-state index is 11.9. The van der Waals surface area contributed by atoms with Crippen molar-refractivity contribution in [3.8, 4) is 0 Å². The fourth-order valence-corrected chi connectivity index (χ4v) is 2.91. The Balaban J connectivity index is 1.50. The normalized spacial score (nSPS) is 13.9. The lowest BCUT2D eigenvalue weighted by atomic mass is 10.2. The zero-order chi connectivity index (χ0) is 16.1. The minimum atomic E-state index is -0.240. The van der Waals surface area contributed by atoms with Crippen LogP contribution in [0.1, 0.15) is 18.4 Å². The zero-order valence-electron chi connectivity index (χ0n) is 12.9. The number of nitrogens with one attached hydrogen (secondary N) is 2. The lowest BCUT2D eigenvalue weighted by molar-refractivity contribution is 0.251. The van der Waals surface area contributed by atoms with Gasteiger partial charge < -0.3 is 15.5 Å². The number of hydrogen-bond donors (Lipinski definition) is 2. The molecule has 0 bridgehead atoms. The van der Waals surface area contributed by atoms with Gasteiger partial charge in [-0.1, -0.05) is 29.8 Å². The Morgan fingerprint density at radius 3 is 2.52 bits per heavy atom. The van der Waals surface area contributed by atoms with Crippen molar-refractivity contribution in [3.63, 3.8) is 0 Å². The number of halogens is 1. The summed E-state index contributed by atoms with van der Waals surface area (Å²) in [4.78, 5) is 14.3. The van der Waals surface area contributed by atoms with Gasteiger partial charge in [0.2, 0.25) is 0 Å². The molecule has 0 aliphatic carbocycles. The van der Waals surface area contributed by atoms with Crippen molar-refractivity contribution in [2.45, 2.75) is 19.4 Å². The first-order chi connectivity index (χ1) is 11.2. The predicted octanol–water partition coefficient (Wildman–Crippen LogP) is 4.26. The molecule has 0 saturated carbocycles. The first-order valence-corrected chi connectivity index (χ1v) is 8.23. The molecule has 2 aromatic carbocycles. The Hall–Kier alpha value is -2.20. The van der Waals surface area contributed by atoms with E-state index < -0.39 is 0 Å². The van der Waals surface area contributed by atoms with Crippen LogP contribution < -0.4 is 15.5 Å². The van der Waals surface area contributed by atoms with E-state index in [-0.39, 0.29) is 6.03 Å². The second-order valence-corrected chi connectivity index (χ2v) is 6.12. The lowest BCUT2D eigenvalue weighted by Gasteiger charge is -2.17. The topological polar surface area (TPSA) is 44.4 Å². The van der Waals surface area contributed by atoms with Gasteiger partial charge in [0.1, 0.15) is 0 Å². The highest BCUT2D eigenvalue weighted by atomic mass is 35.5. The molecule has 2 N–H and O–H groups in total. The molecule has 0 spiro atoms. The van der Waals surface area contributed by atoms with Gasteiger partial charge in [0.25, 0.3) is 0 Å². The SMILES string of the molecule is O=C(NCc1ccc(N2CCCC2)cc1)Nc1cccc(Cl)c1. The first kappa shape index (κ1) is 15.7. The summed E-state index contributed by atoms with van der Waals surface area (Å²) in [7, 11) is 0. The molecule has 3 rings (SSSR count). The molecule has 23 heavy (non-hydrogen) atoms. The molecule has 1 fully saturated rings. The molecule has 4 nitrogen and oxygen atoms in total. The van der Waals surface area contributed by atoms with E-state index in [9.17, 15) is 4.79 Å². The predicted molar refractivity (Wildman–Crippen MR) is 95.2 cm³/mol. The summed E-state index contributed by atoms with van der Waals surface area (Å²) in [5.74, 6) is 0. The molecule has 0 unspecified atom stereocenters. The molecule has 1 aliphatic rings. The number of benzene rings is 2. The largest absolute Gasteiger partial charge is 0.372 e. The number of amides is 2. The molecule has 1 heterocycles. The third kappa shape index (κ3) is 4.39. The molecule has 2 amide bonds. The Kier molecular flexibility index (Phi) is 5.03. The van der Waals surface area contributed by atoms with Crippen molar-refractivity contribution in [1.82, 2.24) is 5.32 Å². The van der Waals surface area contributed by atoms with E-state index in [2.05, 4.69) is 39.8 Å². The maximum Gasteiger partial charge on any atom is 0.319 e. The molecule has 2 aromatic rings. The standard InChI is InChI=1S/C18H20ClN3O/c19-15-4-3-5-16(12-15)21-18(23)20-13-14-6-8-17(9-7-14)22-10-1-2-11-22/h3-9,12H,1-2,10-11,13H2,(H2,20,21,23). The van der Waals surface area contributed by atoms with Crippen LogP contribution in [0.4, 0.5) is 16.2 Å². The quantitative estimate of drug-likeness (QED) is 0.880. The molecule has 0 radical (unpaired) electrons. The van der Waals surface area contributed by atoms with Crippen molar-refractivity contribution < 1.29 is 4.79 Å². The Morgan fingerprint density at radius 2 is 1.83 bits per heavy atom. The third-order valence-electron chi connectivity index (χ3n) is 3.94. The average molecular weight is 330 g/mol. The number of urea groups is 1. The monoisotopic (exact) mass is 329 g/mol. The van der Waals surface area contributed by atoms with Crippen LogP contribution in [0.5, 0.6) is 0 Å². The van der Waals surface area contributed by atoms with Gasteiger partial charge in [-0.25, -0.2) is 4.79 Å². The number of carbonyl (C=O) groups is 1. The van der Waals surface area contributed by atoms with E-state index >= 15 is 0 Å². The molecule has 5 heteroatoms. The van der Waals surface area contributed by atoms with Crippen LogP contribution in [0.2, 0.25) is 5.02 Å². The highest BCUT2D eigenvalue weighted by molar-refractivity contribution is 6.30. The van der Waals surface area contributed by atoms with E-state index in [1.165, 1.54) is 18.5 Å². The molecule has 1 aliphatic heterocycles. The van der Waals surface area contributed by atoms with Gasteiger partial charge in [-0.3, -0.25) is 0 Å². The summed E-state index contributed by atoms with van der Waals surface area (Å²) in [6, 6.07) is 15.2. The van der Waals surface area contributed by atoms with Crippen molar-refractivity contribution in [3.05, 3.63) is 59.1 Å². The van der Waals surface area contributed by atoms with Crippen LogP contribution >= 0.6 is 11.6 Å². The summed E-state index contributed by atoms with van der Waals surface area (Å²) in [5.41, 5.74) is 3.02. The molecular formula is C18H20ClN3O. The summed E-state index contributed by atoms with van der Waals surface area (Å²) >= 11 is 5.89. The Morgan fingerprint density at radius 1 is 1.09 bits per heavy atom. The minimum Gasteiger partial charge on any atom is -0.372 e. The summed E-state index contributed by atoms with van der Waals surface area (Å²) < 4.78 is 0. The molecular weight excluding hydrogens is 310 g/mol. The van der Waals surface area contributed by atoms with Gasteiger partial charge in [-0.05, 0) is 48.7 Å². The van der Waals surface area contributed by atoms with Crippen LogP contribution in [0.25, 0.3) is 0 Å². The van der Waals surface area contributed by atoms with Gasteiger partial charge in [0, 0.05) is 36.0 Å². The van der Waals surface area contributed by atoms with Gasteiger partial charge >= 0.3 is 6.03 Å². The van der Waals surface area contributed by atoms with Crippen LogP contribution in [-0.4, -0.2) is 19.1 Å². The van der Waals surface area contributed by atoms with Crippen LogP contribution in [0.3, 0.4) is 0 Å². The Labute approximate surface area is 141 Å². The van der Waals surface area contributed by atoms with Crippen LogP contribution in [-0.2, 0) is 6.54 Å². The smallest absolute Gasteiger partial charge is 0.319 e. The highest BCUT2D eigenvalue weighted by Gasteiger charge is 2.11. The van der Waals surface area contributed by atoms with E-state index in [1.807, 2.05) is 0 Å². The van der Waals surface area contributed by atoms with Crippen LogP contribution in [0, 0.1) is 0 Å². The molecule has 120 valence electrons. The number of rotatable bonds is 4. The van der Waals surface area contributed by atoms with Gasteiger partial charge in [-0.2, -0.15) is 0 Å². The molecule has 0 atom stereocenters. The molecule has 1 saturated heterocycles. The first-order valence-electron chi connectivity index (χ1n) is 7.85. The van der Waals surface area contributed by atoms with E-state index in [0.29, 0.717) is 17.3 Å². The molecule has 0 aromatic heterocycles. The number of carbonyl (C=O) groups excluding carboxylic acids is 1. The number of hydrogen-bond acceptors (Lipinski definition) is 2. The van der Waals surface area contributed by atoms with Crippen molar-refractivity contribution in [2.75, 3.05) is 23.3 Å². The fraction of sp³-hybridized carbons (Fsp3) is 0.278. The maximum absolute atomic E-state index is 11.9. The number of nitrogens with zero attached hydrogens (tertiary/aromatic N) is 1. The average Bonchev–Trinajstić information content (AvgIpc) is 3.08. The number of anilines is 2. The summed E-state index contributed by atoms with van der Waals surface area (Å²) in [5, 5.41) is 6.21. The third-order valence-corrected chi connectivity index (χ3v) is 4.18. The fourth-order valence-electron chi connectivity index (χ4n) is 2.72. The zero-order valence-corrected chi connectivity index (χ0v) is 13.6. The second-order valence-electron chi connectivity index (χ2n) is 5.68. The summed E-state index contributed by atoms with van der Waals surface area (Å²) in [6.07, 6.45) is 2.54. The van der Waals surface area contributed by atoms with Gasteiger partial charge in [0.15, 0.2) is 0 Å². The van der Waals surface area contributed by atoms with Crippen molar-refractivity contribution in [2.24, 2.45) is 0 Å². The highest BCUT2D eigenvalue weighted by Crippen LogP contribution is 2.20. The summed E-state index contributed by atoms with van der Waals surface area (Å²) in [6.45, 7) is 2.77. The van der Waals surface area contributed by atoms with Gasteiger partial charge in [0.05, 0.1) is 0 Å². The van der Waals surface area contributed by atoms with Crippen LogP contribution in [0.15, 0.2) is 48.5 Å².